The lowest BCUT2D eigenvalue weighted by atomic mass is 9.99. The quantitative estimate of drug-likeness (QED) is 0.825. The molecule has 2 unspecified atom stereocenters. The number of nitrogens with two attached hydrogens (primary N) is 1. The van der Waals surface area contributed by atoms with Gasteiger partial charge in [0.05, 0.1) is 18.8 Å². The second-order valence-corrected chi connectivity index (χ2v) is 4.29. The van der Waals surface area contributed by atoms with E-state index in [1.807, 2.05) is 13.1 Å². The molecule has 0 bridgehead atoms. The minimum Gasteiger partial charge on any atom is -0.326 e. The number of nitrogens with zero attached hydrogens (tertiary/aromatic N) is 3. The first kappa shape index (κ1) is 14.1. The molecule has 0 spiro atoms. The molecule has 0 fully saturated rings. The summed E-state index contributed by atoms with van der Waals surface area (Å²) in [6.45, 7) is 1.66. The lowest BCUT2D eigenvalue weighted by Gasteiger charge is -2.31. The number of alkyl halides is 2. The Hall–Kier alpha value is -1.01. The lowest BCUT2D eigenvalue weighted by Crippen LogP contribution is -2.40. The molecule has 0 radical (unpaired) electrons. The Kier molecular flexibility index (Phi) is 5.02. The monoisotopic (exact) mass is 246 g/mol. The van der Waals surface area contributed by atoms with Crippen LogP contribution in [0.4, 0.5) is 8.78 Å². The molecule has 0 aromatic carbocycles. The van der Waals surface area contributed by atoms with Crippen LogP contribution in [0.25, 0.3) is 0 Å². The maximum atomic E-state index is 12.4. The molecule has 0 aliphatic carbocycles. The van der Waals surface area contributed by atoms with Gasteiger partial charge in [-0.15, -0.1) is 0 Å². The second kappa shape index (κ2) is 6.07. The lowest BCUT2D eigenvalue weighted by molar-refractivity contribution is 0.0735. The van der Waals surface area contributed by atoms with Crippen molar-refractivity contribution in [2.24, 2.45) is 12.8 Å². The van der Waals surface area contributed by atoms with Crippen LogP contribution in [0.5, 0.6) is 0 Å². The highest BCUT2D eigenvalue weighted by Crippen LogP contribution is 2.23. The van der Waals surface area contributed by atoms with Crippen molar-refractivity contribution in [3.8, 4) is 0 Å². The zero-order chi connectivity index (χ0) is 13.0. The Morgan fingerprint density at radius 3 is 2.59 bits per heavy atom. The summed E-state index contributed by atoms with van der Waals surface area (Å²) >= 11 is 0. The smallest absolute Gasteiger partial charge is 0.251 e. The largest absolute Gasteiger partial charge is 0.326 e. The summed E-state index contributed by atoms with van der Waals surface area (Å²) in [4.78, 5) is 1.59. The van der Waals surface area contributed by atoms with Crippen LogP contribution in [0.15, 0.2) is 12.4 Å². The highest BCUT2D eigenvalue weighted by molar-refractivity contribution is 5.13. The van der Waals surface area contributed by atoms with Crippen molar-refractivity contribution >= 4 is 0 Å². The summed E-state index contributed by atoms with van der Waals surface area (Å²) in [5.74, 6) is 0. The third kappa shape index (κ3) is 3.74. The summed E-state index contributed by atoms with van der Waals surface area (Å²) in [6.07, 6.45) is 1.88. The number of likely N-dealkylation sites (N-methyl/N-ethyl adjacent to an activating group) is 1. The predicted octanol–water partition coefficient (Wildman–Crippen LogP) is 1.40. The molecule has 17 heavy (non-hydrogen) atoms. The Morgan fingerprint density at radius 2 is 2.18 bits per heavy atom. The molecule has 1 heterocycles. The minimum absolute atomic E-state index is 0.178. The highest BCUT2D eigenvalue weighted by Gasteiger charge is 2.26. The number of hydrogen-bond donors (Lipinski definition) is 1. The fourth-order valence-corrected chi connectivity index (χ4v) is 1.98. The van der Waals surface area contributed by atoms with Gasteiger partial charge in [-0.05, 0) is 13.5 Å². The molecule has 1 rings (SSSR count). The van der Waals surface area contributed by atoms with Crippen molar-refractivity contribution in [3.05, 3.63) is 18.0 Å². The van der Waals surface area contributed by atoms with E-state index in [1.54, 1.807) is 29.9 Å². The number of hydrogen-bond acceptors (Lipinski definition) is 3. The average Bonchev–Trinajstić information content (AvgIpc) is 2.63. The van der Waals surface area contributed by atoms with E-state index in [0.29, 0.717) is 0 Å². The van der Waals surface area contributed by atoms with Gasteiger partial charge in [-0.1, -0.05) is 6.92 Å². The van der Waals surface area contributed by atoms with E-state index < -0.39 is 6.43 Å². The topological polar surface area (TPSA) is 47.1 Å². The summed E-state index contributed by atoms with van der Waals surface area (Å²) in [5.41, 5.74) is 6.89. The van der Waals surface area contributed by atoms with Crippen LogP contribution < -0.4 is 5.73 Å². The van der Waals surface area contributed by atoms with E-state index in [4.69, 9.17) is 5.73 Å². The summed E-state index contributed by atoms with van der Waals surface area (Å²) in [7, 11) is 3.46. The van der Waals surface area contributed by atoms with Crippen molar-refractivity contribution in [1.29, 1.82) is 0 Å². The predicted molar refractivity (Wildman–Crippen MR) is 62.8 cm³/mol. The first-order valence-corrected chi connectivity index (χ1v) is 5.68. The van der Waals surface area contributed by atoms with Crippen LogP contribution >= 0.6 is 0 Å². The Bertz CT molecular complexity index is 340. The molecule has 0 aliphatic rings. The van der Waals surface area contributed by atoms with Crippen molar-refractivity contribution < 1.29 is 8.78 Å². The average molecular weight is 246 g/mol. The number of halogens is 2. The first-order valence-electron chi connectivity index (χ1n) is 5.68. The minimum atomic E-state index is -2.36. The molecular weight excluding hydrogens is 226 g/mol. The molecule has 1 aromatic rings. The van der Waals surface area contributed by atoms with Gasteiger partial charge in [0.2, 0.25) is 0 Å². The molecule has 6 heteroatoms. The molecule has 2 N–H and O–H groups in total. The number of aryl methyl sites for hydroxylation is 1. The van der Waals surface area contributed by atoms with Crippen LogP contribution in [0.3, 0.4) is 0 Å². The van der Waals surface area contributed by atoms with E-state index in [0.717, 1.165) is 12.0 Å². The third-order valence-corrected chi connectivity index (χ3v) is 2.84. The Labute approximate surface area is 100 Å². The molecule has 0 saturated carbocycles. The van der Waals surface area contributed by atoms with Gasteiger partial charge in [-0.2, -0.15) is 5.10 Å². The normalized spacial score (nSPS) is 15.5. The third-order valence-electron chi connectivity index (χ3n) is 2.84. The van der Waals surface area contributed by atoms with Gasteiger partial charge in [-0.25, -0.2) is 8.78 Å². The van der Waals surface area contributed by atoms with Crippen molar-refractivity contribution in [1.82, 2.24) is 14.7 Å². The number of aromatic nitrogens is 2. The van der Waals surface area contributed by atoms with Crippen LogP contribution in [-0.2, 0) is 7.05 Å². The second-order valence-electron chi connectivity index (χ2n) is 4.29. The van der Waals surface area contributed by atoms with Gasteiger partial charge >= 0.3 is 0 Å². The van der Waals surface area contributed by atoms with Gasteiger partial charge < -0.3 is 5.73 Å². The maximum Gasteiger partial charge on any atom is 0.251 e. The summed E-state index contributed by atoms with van der Waals surface area (Å²) < 4.78 is 26.5. The SMILES string of the molecule is CCC(N)C(c1cnn(C)c1)N(C)CC(F)F. The first-order chi connectivity index (χ1) is 7.95. The maximum absolute atomic E-state index is 12.4. The molecule has 0 saturated heterocycles. The van der Waals surface area contributed by atoms with Gasteiger partial charge in [0, 0.05) is 24.8 Å². The molecule has 0 aliphatic heterocycles. The summed E-state index contributed by atoms with van der Waals surface area (Å²) in [5, 5.41) is 4.06. The van der Waals surface area contributed by atoms with Crippen molar-refractivity contribution in [3.63, 3.8) is 0 Å². The fraction of sp³-hybridized carbons (Fsp3) is 0.727. The van der Waals surface area contributed by atoms with Gasteiger partial charge in [0.25, 0.3) is 6.43 Å². The van der Waals surface area contributed by atoms with Gasteiger partial charge in [0.1, 0.15) is 0 Å². The Morgan fingerprint density at radius 1 is 1.53 bits per heavy atom. The molecule has 2 atom stereocenters. The molecule has 1 aromatic heterocycles. The van der Waals surface area contributed by atoms with Crippen molar-refractivity contribution in [2.75, 3.05) is 13.6 Å². The standard InChI is InChI=1S/C11H20F2N4/c1-4-9(14)11(16(2)7-10(12)13)8-5-15-17(3)6-8/h5-6,9-11H,4,7,14H2,1-3H3. The van der Waals surface area contributed by atoms with E-state index in [9.17, 15) is 8.78 Å². The van der Waals surface area contributed by atoms with Crippen molar-refractivity contribution in [2.45, 2.75) is 31.9 Å². The number of rotatable bonds is 6. The highest BCUT2D eigenvalue weighted by atomic mass is 19.3. The van der Waals surface area contributed by atoms with E-state index in [1.165, 1.54) is 0 Å². The van der Waals surface area contributed by atoms with Crippen LogP contribution in [0, 0.1) is 0 Å². The van der Waals surface area contributed by atoms with E-state index in [2.05, 4.69) is 5.10 Å². The molecule has 4 nitrogen and oxygen atoms in total. The van der Waals surface area contributed by atoms with Gasteiger partial charge in [0.15, 0.2) is 0 Å². The summed E-state index contributed by atoms with van der Waals surface area (Å²) in [6, 6.07) is -0.398. The van der Waals surface area contributed by atoms with Gasteiger partial charge in [-0.3, -0.25) is 9.58 Å². The fourth-order valence-electron chi connectivity index (χ4n) is 1.98. The van der Waals surface area contributed by atoms with E-state index in [-0.39, 0.29) is 18.6 Å². The van der Waals surface area contributed by atoms with Crippen LogP contribution in [0.2, 0.25) is 0 Å². The molecular formula is C11H20F2N4. The Balaban J connectivity index is 2.87. The van der Waals surface area contributed by atoms with Crippen LogP contribution in [-0.4, -0.2) is 40.7 Å². The van der Waals surface area contributed by atoms with Crippen LogP contribution in [0.1, 0.15) is 24.9 Å². The molecule has 98 valence electrons. The van der Waals surface area contributed by atoms with E-state index >= 15 is 0 Å². The zero-order valence-corrected chi connectivity index (χ0v) is 10.5. The molecule has 0 amide bonds. The zero-order valence-electron chi connectivity index (χ0n) is 10.5.